The molecule has 0 bridgehead atoms. The number of aromatic nitrogens is 1. The zero-order chi connectivity index (χ0) is 27.4. The molecule has 1 aliphatic rings. The first kappa shape index (κ1) is 25.9. The van der Waals surface area contributed by atoms with Crippen LogP contribution in [0.2, 0.25) is 0 Å². The lowest BCUT2D eigenvalue weighted by molar-refractivity contribution is 0.172. The number of carbonyl (C=O) groups excluding carboxylic acids is 1. The molecule has 39 heavy (non-hydrogen) atoms. The van der Waals surface area contributed by atoms with Crippen molar-refractivity contribution >= 4 is 22.6 Å². The molecule has 1 aromatic heterocycles. The minimum Gasteiger partial charge on any atom is -0.493 e. The van der Waals surface area contributed by atoms with Crippen LogP contribution in [0.4, 0.5) is 14.9 Å². The van der Waals surface area contributed by atoms with Crippen LogP contribution in [0.1, 0.15) is 11.1 Å². The Morgan fingerprint density at radius 1 is 0.974 bits per heavy atom. The van der Waals surface area contributed by atoms with Gasteiger partial charge in [-0.25, -0.2) is 9.18 Å². The number of carbonyl (C=O) groups is 1. The molecule has 0 saturated heterocycles. The van der Waals surface area contributed by atoms with E-state index >= 15 is 0 Å². The summed E-state index contributed by atoms with van der Waals surface area (Å²) in [7, 11) is 3.12. The van der Waals surface area contributed by atoms with Gasteiger partial charge in [0.15, 0.2) is 23.0 Å². The Labute approximate surface area is 224 Å². The van der Waals surface area contributed by atoms with Crippen LogP contribution >= 0.6 is 0 Å². The molecule has 1 aliphatic heterocycles. The molecular weight excluding hydrogens is 505 g/mol. The van der Waals surface area contributed by atoms with Gasteiger partial charge in [0.25, 0.3) is 5.56 Å². The summed E-state index contributed by atoms with van der Waals surface area (Å²) in [5.41, 5.74) is 2.06. The maximum atomic E-state index is 13.4. The average molecular weight is 534 g/mol. The number of amides is 2. The number of urea groups is 1. The first-order valence-electron chi connectivity index (χ1n) is 12.4. The summed E-state index contributed by atoms with van der Waals surface area (Å²) in [6, 6.07) is 15.9. The Bertz CT molecular complexity index is 1550. The van der Waals surface area contributed by atoms with Crippen LogP contribution < -0.4 is 29.8 Å². The number of nitrogens with one attached hydrogen (secondary N) is 2. The highest BCUT2D eigenvalue weighted by molar-refractivity contribution is 5.89. The fraction of sp³-hybridized carbons (Fsp3) is 0.241. The lowest BCUT2D eigenvalue weighted by Crippen LogP contribution is -2.37. The normalized spacial score (nSPS) is 12.2. The zero-order valence-corrected chi connectivity index (χ0v) is 21.6. The van der Waals surface area contributed by atoms with E-state index in [1.807, 2.05) is 18.2 Å². The largest absolute Gasteiger partial charge is 0.493 e. The molecule has 10 heteroatoms. The average Bonchev–Trinajstić information content (AvgIpc) is 2.95. The third-order valence-electron chi connectivity index (χ3n) is 6.45. The number of benzene rings is 3. The summed E-state index contributed by atoms with van der Waals surface area (Å²) in [5.74, 6) is 1.96. The van der Waals surface area contributed by atoms with E-state index < -0.39 is 11.8 Å². The number of H-pyrrole nitrogens is 1. The van der Waals surface area contributed by atoms with Gasteiger partial charge in [0.2, 0.25) is 0 Å². The molecule has 4 aromatic rings. The molecule has 2 N–H and O–H groups in total. The second-order valence-corrected chi connectivity index (χ2v) is 9.00. The van der Waals surface area contributed by atoms with E-state index in [0.717, 1.165) is 10.9 Å². The summed E-state index contributed by atoms with van der Waals surface area (Å²) in [4.78, 5) is 30.8. The summed E-state index contributed by atoms with van der Waals surface area (Å²) in [6.07, 6.45) is 0.487. The minimum atomic E-state index is -0.427. The van der Waals surface area contributed by atoms with Crippen molar-refractivity contribution in [2.24, 2.45) is 0 Å². The first-order valence-corrected chi connectivity index (χ1v) is 12.4. The molecule has 3 aromatic carbocycles. The third-order valence-corrected chi connectivity index (χ3v) is 6.45. The van der Waals surface area contributed by atoms with E-state index in [0.29, 0.717) is 65.9 Å². The van der Waals surface area contributed by atoms with Gasteiger partial charge in [0.05, 0.1) is 26.3 Å². The fourth-order valence-electron chi connectivity index (χ4n) is 4.40. The van der Waals surface area contributed by atoms with Crippen molar-refractivity contribution in [1.82, 2.24) is 9.88 Å². The third kappa shape index (κ3) is 5.90. The fourth-order valence-corrected chi connectivity index (χ4v) is 4.40. The lowest BCUT2D eigenvalue weighted by Gasteiger charge is -2.24. The highest BCUT2D eigenvalue weighted by Gasteiger charge is 2.19. The van der Waals surface area contributed by atoms with Crippen molar-refractivity contribution in [3.63, 3.8) is 0 Å². The topological polar surface area (TPSA) is 102 Å². The Morgan fingerprint density at radius 3 is 2.41 bits per heavy atom. The van der Waals surface area contributed by atoms with E-state index in [1.165, 1.54) is 29.2 Å². The Hall–Kier alpha value is -4.73. The number of nitrogens with zero attached hydrogens (tertiary/aromatic N) is 1. The van der Waals surface area contributed by atoms with E-state index in [2.05, 4.69) is 10.3 Å². The monoisotopic (exact) mass is 533 g/mol. The predicted molar refractivity (Wildman–Crippen MR) is 145 cm³/mol. The number of hydrogen-bond acceptors (Lipinski definition) is 6. The molecule has 0 saturated carbocycles. The smallest absolute Gasteiger partial charge is 0.322 e. The highest BCUT2D eigenvalue weighted by Crippen LogP contribution is 2.34. The van der Waals surface area contributed by atoms with Crippen molar-refractivity contribution < 1.29 is 28.1 Å². The Morgan fingerprint density at radius 2 is 1.69 bits per heavy atom. The molecule has 202 valence electrons. The van der Waals surface area contributed by atoms with Crippen LogP contribution in [0.25, 0.3) is 10.9 Å². The van der Waals surface area contributed by atoms with Gasteiger partial charge < -0.3 is 34.1 Å². The molecule has 0 spiro atoms. The van der Waals surface area contributed by atoms with Crippen molar-refractivity contribution in [3.05, 3.63) is 88.0 Å². The van der Waals surface area contributed by atoms with Gasteiger partial charge in [-0.3, -0.25) is 4.79 Å². The number of rotatable bonds is 8. The second kappa shape index (κ2) is 11.3. The van der Waals surface area contributed by atoms with Gasteiger partial charge in [-0.05, 0) is 60.5 Å². The van der Waals surface area contributed by atoms with Crippen molar-refractivity contribution in [2.75, 3.05) is 39.3 Å². The first-order chi connectivity index (χ1) is 18.9. The number of halogens is 1. The number of ether oxygens (including phenoxy) is 4. The molecule has 0 fully saturated rings. The molecule has 2 amide bonds. The van der Waals surface area contributed by atoms with Gasteiger partial charge in [0.1, 0.15) is 19.0 Å². The zero-order valence-electron chi connectivity index (χ0n) is 21.6. The molecule has 9 nitrogen and oxygen atoms in total. The molecule has 0 unspecified atom stereocenters. The number of fused-ring (bicyclic) bond motifs is 2. The van der Waals surface area contributed by atoms with E-state index in [4.69, 9.17) is 18.9 Å². The summed E-state index contributed by atoms with van der Waals surface area (Å²) >= 11 is 0. The number of aromatic amines is 1. The maximum Gasteiger partial charge on any atom is 0.322 e. The van der Waals surface area contributed by atoms with E-state index in [9.17, 15) is 14.0 Å². The summed E-state index contributed by atoms with van der Waals surface area (Å²) < 4.78 is 35.4. The lowest BCUT2D eigenvalue weighted by atomic mass is 10.1. The van der Waals surface area contributed by atoms with Gasteiger partial charge in [0, 0.05) is 29.2 Å². The van der Waals surface area contributed by atoms with Crippen LogP contribution in [-0.2, 0) is 13.0 Å². The van der Waals surface area contributed by atoms with Gasteiger partial charge in [-0.1, -0.05) is 6.07 Å². The number of methoxy groups -OCH3 is 2. The van der Waals surface area contributed by atoms with Crippen molar-refractivity contribution in [2.45, 2.75) is 13.0 Å². The molecular formula is C29H28FN3O6. The van der Waals surface area contributed by atoms with E-state index in [-0.39, 0.29) is 12.1 Å². The molecule has 0 aliphatic carbocycles. The standard InChI is InChI=1S/C29H28FN3O6/c1-36-24-8-3-18(13-25(24)37-2)9-10-33(29(35)31-22-6-4-21(30)5-7-22)17-20-14-19-15-26-27(39-12-11-38-26)16-23(19)32-28(20)34/h3-8,13-16H,9-12,17H2,1-2H3,(H,31,35)(H,32,34). The number of pyridine rings is 1. The minimum absolute atomic E-state index is 0.0417. The molecule has 5 rings (SSSR count). The molecule has 0 atom stereocenters. The Kier molecular flexibility index (Phi) is 7.53. The summed E-state index contributed by atoms with van der Waals surface area (Å²) in [5, 5.41) is 3.55. The SMILES string of the molecule is COc1ccc(CCN(Cc2cc3cc4c(cc3[nH]c2=O)OCCO4)C(=O)Nc2ccc(F)cc2)cc1OC. The number of hydrogen-bond donors (Lipinski definition) is 2. The van der Waals surface area contributed by atoms with Crippen LogP contribution in [0.3, 0.4) is 0 Å². The Balaban J connectivity index is 1.42. The van der Waals surface area contributed by atoms with Crippen LogP contribution in [0.15, 0.2) is 65.5 Å². The number of anilines is 1. The predicted octanol–water partition coefficient (Wildman–Crippen LogP) is 4.73. The van der Waals surface area contributed by atoms with Gasteiger partial charge in [-0.15, -0.1) is 0 Å². The maximum absolute atomic E-state index is 13.4. The highest BCUT2D eigenvalue weighted by atomic mass is 19.1. The quantitative estimate of drug-likeness (QED) is 0.340. The van der Waals surface area contributed by atoms with Gasteiger partial charge in [-0.2, -0.15) is 0 Å². The van der Waals surface area contributed by atoms with Crippen molar-refractivity contribution in [1.29, 1.82) is 0 Å². The van der Waals surface area contributed by atoms with Crippen LogP contribution in [0, 0.1) is 5.82 Å². The van der Waals surface area contributed by atoms with Crippen LogP contribution in [-0.4, -0.2) is 49.9 Å². The molecule has 2 heterocycles. The van der Waals surface area contributed by atoms with Gasteiger partial charge >= 0.3 is 6.03 Å². The van der Waals surface area contributed by atoms with Crippen molar-refractivity contribution in [3.8, 4) is 23.0 Å². The van der Waals surface area contributed by atoms with Crippen LogP contribution in [0.5, 0.6) is 23.0 Å². The second-order valence-electron chi connectivity index (χ2n) is 9.00. The molecule has 0 radical (unpaired) electrons. The summed E-state index contributed by atoms with van der Waals surface area (Å²) in [6.45, 7) is 1.22. The van der Waals surface area contributed by atoms with E-state index in [1.54, 1.807) is 32.4 Å².